The molecule has 0 aliphatic heterocycles. The molecule has 0 bridgehead atoms. The molecule has 0 aromatic heterocycles. The van der Waals surface area contributed by atoms with E-state index in [1.54, 1.807) is 0 Å². The van der Waals surface area contributed by atoms with Gasteiger partial charge in [-0.25, -0.2) is 0 Å². The van der Waals surface area contributed by atoms with Gasteiger partial charge in [-0.05, 0) is 80.1 Å². The SMILES string of the molecule is CC(C)=CCCC(C)=CCC(C)(C)C=NN=CC(C)(C)CC=C(C)CCC=C(C)C. The minimum absolute atomic E-state index is 0.0146. The highest BCUT2D eigenvalue weighted by molar-refractivity contribution is 5.68. The minimum atomic E-state index is 0.0146. The molecule has 0 unspecified atom stereocenters. The fraction of sp³-hybridized carbons (Fsp3) is 0.643. The lowest BCUT2D eigenvalue weighted by atomic mass is 9.89. The summed E-state index contributed by atoms with van der Waals surface area (Å²) in [5.74, 6) is 0. The maximum absolute atomic E-state index is 4.36. The molecule has 2 nitrogen and oxygen atoms in total. The Balaban J connectivity index is 4.60. The molecule has 170 valence electrons. The zero-order valence-electron chi connectivity index (χ0n) is 21.6. The molecule has 0 saturated carbocycles. The molecule has 0 radical (unpaired) electrons. The van der Waals surface area contributed by atoms with Crippen LogP contribution >= 0.6 is 0 Å². The van der Waals surface area contributed by atoms with E-state index in [9.17, 15) is 0 Å². The van der Waals surface area contributed by atoms with E-state index >= 15 is 0 Å². The minimum Gasteiger partial charge on any atom is -0.163 e. The van der Waals surface area contributed by atoms with Gasteiger partial charge >= 0.3 is 0 Å². The molecule has 0 amide bonds. The van der Waals surface area contributed by atoms with Crippen molar-refractivity contribution in [2.75, 3.05) is 0 Å². The Labute approximate surface area is 188 Å². The van der Waals surface area contributed by atoms with Gasteiger partial charge in [0, 0.05) is 23.3 Å². The van der Waals surface area contributed by atoms with Crippen molar-refractivity contribution in [3.8, 4) is 0 Å². The second kappa shape index (κ2) is 14.3. The predicted octanol–water partition coefficient (Wildman–Crippen LogP) is 9.26. The van der Waals surface area contributed by atoms with Gasteiger partial charge < -0.3 is 0 Å². The molecule has 0 saturated heterocycles. The first-order valence-electron chi connectivity index (χ1n) is 11.5. The summed E-state index contributed by atoms with van der Waals surface area (Å²) in [6.07, 6.45) is 19.8. The average Bonchev–Trinajstić information content (AvgIpc) is 2.62. The molecule has 0 spiro atoms. The molecule has 0 N–H and O–H groups in total. The lowest BCUT2D eigenvalue weighted by Crippen LogP contribution is -2.13. The molecule has 0 aromatic rings. The zero-order chi connectivity index (χ0) is 23.2. The molecular formula is C28H48N2. The molecule has 0 aromatic carbocycles. The summed E-state index contributed by atoms with van der Waals surface area (Å²) in [6, 6.07) is 0. The summed E-state index contributed by atoms with van der Waals surface area (Å²) in [5.41, 5.74) is 5.72. The van der Waals surface area contributed by atoms with E-state index in [1.165, 1.54) is 22.3 Å². The Morgan fingerprint density at radius 1 is 0.567 bits per heavy atom. The highest BCUT2D eigenvalue weighted by atomic mass is 15.2. The first-order chi connectivity index (χ1) is 13.8. The van der Waals surface area contributed by atoms with Crippen LogP contribution in [0, 0.1) is 10.8 Å². The molecule has 0 aliphatic rings. The Hall–Kier alpha value is -1.70. The van der Waals surface area contributed by atoms with E-state index in [2.05, 4.69) is 104 Å². The third-order valence-electron chi connectivity index (χ3n) is 5.02. The van der Waals surface area contributed by atoms with Crippen molar-refractivity contribution in [3.63, 3.8) is 0 Å². The fourth-order valence-corrected chi connectivity index (χ4v) is 2.74. The summed E-state index contributed by atoms with van der Waals surface area (Å²) in [4.78, 5) is 0. The summed E-state index contributed by atoms with van der Waals surface area (Å²) >= 11 is 0. The van der Waals surface area contributed by atoms with Crippen LogP contribution in [-0.4, -0.2) is 12.4 Å². The zero-order valence-corrected chi connectivity index (χ0v) is 21.6. The van der Waals surface area contributed by atoms with Gasteiger partial charge in [-0.1, -0.05) is 74.3 Å². The Bertz CT molecular complexity index is 611. The number of hydrogen-bond donors (Lipinski definition) is 0. The van der Waals surface area contributed by atoms with Crippen LogP contribution in [-0.2, 0) is 0 Å². The number of allylic oxidation sites excluding steroid dienone is 8. The van der Waals surface area contributed by atoms with Crippen LogP contribution < -0.4 is 0 Å². The summed E-state index contributed by atoms with van der Waals surface area (Å²) in [5, 5.41) is 8.73. The molecule has 30 heavy (non-hydrogen) atoms. The largest absolute Gasteiger partial charge is 0.163 e. The highest BCUT2D eigenvalue weighted by Gasteiger charge is 2.15. The van der Waals surface area contributed by atoms with Gasteiger partial charge in [0.05, 0.1) is 0 Å². The van der Waals surface area contributed by atoms with Crippen LogP contribution in [0.2, 0.25) is 0 Å². The van der Waals surface area contributed by atoms with Crippen molar-refractivity contribution in [1.29, 1.82) is 0 Å². The standard InChI is InChI=1S/C28H48N2/c1-23(2)13-11-15-25(5)17-19-27(7,8)21-29-30-22-28(9,10)20-18-26(6)16-12-14-24(3)4/h13-14,17-18,21-22H,11-12,15-16,19-20H2,1-10H3. The van der Waals surface area contributed by atoms with Crippen molar-refractivity contribution in [1.82, 2.24) is 0 Å². The van der Waals surface area contributed by atoms with Gasteiger partial charge in [0.1, 0.15) is 0 Å². The van der Waals surface area contributed by atoms with Gasteiger partial charge in [0.2, 0.25) is 0 Å². The van der Waals surface area contributed by atoms with E-state index in [1.807, 2.05) is 12.4 Å². The van der Waals surface area contributed by atoms with Crippen LogP contribution in [0.25, 0.3) is 0 Å². The summed E-state index contributed by atoms with van der Waals surface area (Å²) in [7, 11) is 0. The lowest BCUT2D eigenvalue weighted by Gasteiger charge is -2.18. The number of hydrogen-bond acceptors (Lipinski definition) is 2. The first-order valence-corrected chi connectivity index (χ1v) is 11.5. The molecule has 2 heteroatoms. The molecule has 0 atom stereocenters. The average molecular weight is 413 g/mol. The van der Waals surface area contributed by atoms with E-state index < -0.39 is 0 Å². The van der Waals surface area contributed by atoms with Crippen molar-refractivity contribution in [3.05, 3.63) is 46.6 Å². The van der Waals surface area contributed by atoms with Crippen molar-refractivity contribution < 1.29 is 0 Å². The third kappa shape index (κ3) is 17.2. The molecular weight excluding hydrogens is 364 g/mol. The van der Waals surface area contributed by atoms with Crippen molar-refractivity contribution >= 4 is 12.4 Å². The van der Waals surface area contributed by atoms with Gasteiger partial charge in [-0.2, -0.15) is 10.2 Å². The highest BCUT2D eigenvalue weighted by Crippen LogP contribution is 2.22. The Morgan fingerprint density at radius 2 is 0.900 bits per heavy atom. The second-order valence-corrected chi connectivity index (χ2v) is 10.6. The molecule has 0 heterocycles. The van der Waals surface area contributed by atoms with Crippen LogP contribution in [0.5, 0.6) is 0 Å². The quantitative estimate of drug-likeness (QED) is 0.163. The van der Waals surface area contributed by atoms with Gasteiger partial charge in [-0.15, -0.1) is 0 Å². The van der Waals surface area contributed by atoms with Crippen molar-refractivity contribution in [2.24, 2.45) is 21.0 Å². The van der Waals surface area contributed by atoms with Crippen LogP contribution in [0.15, 0.2) is 56.8 Å². The Kier molecular flexibility index (Phi) is 13.5. The van der Waals surface area contributed by atoms with Gasteiger partial charge in [0.25, 0.3) is 0 Å². The third-order valence-corrected chi connectivity index (χ3v) is 5.02. The molecule has 0 aliphatic carbocycles. The Morgan fingerprint density at radius 3 is 1.20 bits per heavy atom. The monoisotopic (exact) mass is 412 g/mol. The van der Waals surface area contributed by atoms with E-state index in [0.29, 0.717) is 0 Å². The van der Waals surface area contributed by atoms with Gasteiger partial charge in [0.15, 0.2) is 0 Å². The van der Waals surface area contributed by atoms with E-state index in [-0.39, 0.29) is 10.8 Å². The molecule has 0 fully saturated rings. The predicted molar refractivity (Wildman–Crippen MR) is 139 cm³/mol. The lowest BCUT2D eigenvalue weighted by molar-refractivity contribution is 0.536. The number of rotatable bonds is 13. The smallest absolute Gasteiger partial charge is 0.0329 e. The fourth-order valence-electron chi connectivity index (χ4n) is 2.74. The van der Waals surface area contributed by atoms with E-state index in [0.717, 1.165) is 38.5 Å². The van der Waals surface area contributed by atoms with E-state index in [4.69, 9.17) is 0 Å². The van der Waals surface area contributed by atoms with Crippen LogP contribution in [0.4, 0.5) is 0 Å². The molecule has 0 rings (SSSR count). The normalized spacial score (nSPS) is 13.9. The summed E-state index contributed by atoms with van der Waals surface area (Å²) < 4.78 is 0. The second-order valence-electron chi connectivity index (χ2n) is 10.6. The maximum atomic E-state index is 4.36. The van der Waals surface area contributed by atoms with Crippen LogP contribution in [0.3, 0.4) is 0 Å². The number of nitrogens with zero attached hydrogens (tertiary/aromatic N) is 2. The van der Waals surface area contributed by atoms with Crippen LogP contribution in [0.1, 0.15) is 108 Å². The first kappa shape index (κ1) is 28.3. The summed E-state index contributed by atoms with van der Waals surface area (Å²) in [6.45, 7) is 21.9. The maximum Gasteiger partial charge on any atom is 0.0329 e. The van der Waals surface area contributed by atoms with Gasteiger partial charge in [-0.3, -0.25) is 0 Å². The topological polar surface area (TPSA) is 24.7 Å². The van der Waals surface area contributed by atoms with Crippen molar-refractivity contribution in [2.45, 2.75) is 108 Å².